The maximum Gasteiger partial charge on any atom is 0.274 e. The van der Waals surface area contributed by atoms with Gasteiger partial charge in [-0.15, -0.1) is 6.58 Å². The largest absolute Gasteiger partial charge is 0.504 e. The van der Waals surface area contributed by atoms with Gasteiger partial charge in [0.1, 0.15) is 5.57 Å². The van der Waals surface area contributed by atoms with E-state index in [0.717, 1.165) is 23.1 Å². The fourth-order valence-electron chi connectivity index (χ4n) is 2.13. The summed E-state index contributed by atoms with van der Waals surface area (Å²) in [6, 6.07) is 2.05. The van der Waals surface area contributed by atoms with Crippen LogP contribution in [0, 0.1) is 10.1 Å². The Hall–Kier alpha value is -3.27. The Morgan fingerprint density at radius 2 is 2.16 bits per heavy atom. The predicted octanol–water partition coefficient (Wildman–Crippen LogP) is 1.12. The lowest BCUT2D eigenvalue weighted by Gasteiger charge is -2.27. The molecule has 1 aromatic rings. The third-order valence-electron chi connectivity index (χ3n) is 3.32. The van der Waals surface area contributed by atoms with E-state index in [2.05, 4.69) is 11.9 Å². The van der Waals surface area contributed by atoms with Gasteiger partial charge in [-0.25, -0.2) is 0 Å². The van der Waals surface area contributed by atoms with Crippen LogP contribution in [0.25, 0.3) is 6.08 Å². The fourth-order valence-corrected chi connectivity index (χ4v) is 2.38. The third kappa shape index (κ3) is 3.48. The summed E-state index contributed by atoms with van der Waals surface area (Å²) >= 11 is 4.92. The summed E-state index contributed by atoms with van der Waals surface area (Å²) in [6.45, 7) is 3.57. The zero-order chi connectivity index (χ0) is 18.7. The summed E-state index contributed by atoms with van der Waals surface area (Å²) in [4.78, 5) is 35.9. The fraction of sp³-hybridized carbons (Fsp3) is 0.133. The quantitative estimate of drug-likeness (QED) is 0.201. The zero-order valence-electron chi connectivity index (χ0n) is 13.0. The number of hydrogen-bond donors (Lipinski definition) is 2. The number of amides is 2. The van der Waals surface area contributed by atoms with E-state index in [1.807, 2.05) is 0 Å². The first kappa shape index (κ1) is 18.1. The number of nitro groups is 1. The Morgan fingerprint density at radius 1 is 1.48 bits per heavy atom. The van der Waals surface area contributed by atoms with Crippen LogP contribution in [0.4, 0.5) is 5.69 Å². The Kier molecular flexibility index (Phi) is 5.13. The molecule has 1 aliphatic rings. The van der Waals surface area contributed by atoms with Gasteiger partial charge >= 0.3 is 0 Å². The van der Waals surface area contributed by atoms with Gasteiger partial charge in [0.05, 0.1) is 18.1 Å². The van der Waals surface area contributed by atoms with Gasteiger partial charge in [0, 0.05) is 18.2 Å². The van der Waals surface area contributed by atoms with E-state index < -0.39 is 22.5 Å². The van der Waals surface area contributed by atoms with Crippen LogP contribution in [0.1, 0.15) is 5.56 Å². The van der Waals surface area contributed by atoms with Crippen LogP contribution in [0.2, 0.25) is 0 Å². The van der Waals surface area contributed by atoms with Gasteiger partial charge in [-0.1, -0.05) is 6.08 Å². The van der Waals surface area contributed by atoms with Crippen LogP contribution in [-0.2, 0) is 9.59 Å². The van der Waals surface area contributed by atoms with E-state index in [4.69, 9.17) is 17.0 Å². The van der Waals surface area contributed by atoms with Crippen LogP contribution < -0.4 is 10.1 Å². The highest BCUT2D eigenvalue weighted by atomic mass is 32.1. The Bertz CT molecular complexity index is 833. The molecule has 1 aliphatic heterocycles. The molecule has 9 nitrogen and oxygen atoms in total. The molecule has 0 saturated carbocycles. The molecule has 25 heavy (non-hydrogen) atoms. The first-order chi connectivity index (χ1) is 11.8. The highest BCUT2D eigenvalue weighted by molar-refractivity contribution is 7.80. The van der Waals surface area contributed by atoms with Crippen LogP contribution >= 0.6 is 12.2 Å². The molecule has 1 fully saturated rings. The first-order valence-corrected chi connectivity index (χ1v) is 7.26. The van der Waals surface area contributed by atoms with Crippen molar-refractivity contribution in [3.8, 4) is 11.5 Å². The molecule has 0 aliphatic carbocycles. The van der Waals surface area contributed by atoms with Gasteiger partial charge in [0.2, 0.25) is 0 Å². The van der Waals surface area contributed by atoms with Gasteiger partial charge in [-0.3, -0.25) is 29.9 Å². The number of nitrogens with one attached hydrogen (secondary N) is 1. The SMILES string of the molecule is C=CCN1C(=O)C(=Cc2cc([N+](=O)[O-])cc(OC)c2O)C(=O)NC1=S. The molecule has 10 heteroatoms. The number of ether oxygens (including phenoxy) is 1. The van der Waals surface area contributed by atoms with E-state index in [0.29, 0.717) is 0 Å². The molecule has 0 bridgehead atoms. The normalized spacial score (nSPS) is 16.0. The number of rotatable bonds is 5. The molecule has 0 spiro atoms. The average Bonchev–Trinajstić information content (AvgIpc) is 2.56. The number of nitrogens with zero attached hydrogens (tertiary/aromatic N) is 2. The van der Waals surface area contributed by atoms with Crippen molar-refractivity contribution in [2.24, 2.45) is 0 Å². The lowest BCUT2D eigenvalue weighted by molar-refractivity contribution is -0.385. The van der Waals surface area contributed by atoms with E-state index in [9.17, 15) is 24.8 Å². The Morgan fingerprint density at radius 3 is 2.72 bits per heavy atom. The molecule has 0 radical (unpaired) electrons. The molecular formula is C15H13N3O6S. The van der Waals surface area contributed by atoms with Gasteiger partial charge < -0.3 is 9.84 Å². The van der Waals surface area contributed by atoms with Crippen molar-refractivity contribution < 1.29 is 24.4 Å². The van der Waals surface area contributed by atoms with E-state index >= 15 is 0 Å². The molecule has 1 heterocycles. The molecule has 2 amide bonds. The number of nitro benzene ring substituents is 1. The van der Waals surface area contributed by atoms with E-state index in [1.165, 1.54) is 13.2 Å². The standard InChI is InChI=1S/C15H13N3O6S/c1-3-4-17-14(21)10(13(20)16-15(17)25)6-8-5-9(18(22)23)7-11(24-2)12(8)19/h3,5-7,19H,1,4H2,2H3,(H,16,20,25). The monoisotopic (exact) mass is 363 g/mol. The molecular weight excluding hydrogens is 350 g/mol. The Labute approximate surface area is 147 Å². The van der Waals surface area contributed by atoms with Gasteiger partial charge in [0.25, 0.3) is 17.5 Å². The van der Waals surface area contributed by atoms with Crippen LogP contribution in [0.3, 0.4) is 0 Å². The van der Waals surface area contributed by atoms with Gasteiger partial charge in [-0.05, 0) is 18.3 Å². The lowest BCUT2D eigenvalue weighted by atomic mass is 10.1. The molecule has 1 aromatic carbocycles. The van der Waals surface area contributed by atoms with Crippen LogP contribution in [0.5, 0.6) is 11.5 Å². The molecule has 0 unspecified atom stereocenters. The van der Waals surface area contributed by atoms with Crippen molar-refractivity contribution in [2.75, 3.05) is 13.7 Å². The summed E-state index contributed by atoms with van der Waals surface area (Å²) in [5.74, 6) is -2.09. The highest BCUT2D eigenvalue weighted by Gasteiger charge is 2.33. The second kappa shape index (κ2) is 7.09. The summed E-state index contributed by atoms with van der Waals surface area (Å²) < 4.78 is 4.88. The highest BCUT2D eigenvalue weighted by Crippen LogP contribution is 2.36. The zero-order valence-corrected chi connectivity index (χ0v) is 13.8. The summed E-state index contributed by atoms with van der Waals surface area (Å²) in [6.07, 6.45) is 2.47. The smallest absolute Gasteiger partial charge is 0.274 e. The van der Waals surface area contributed by atoms with Crippen molar-refractivity contribution in [2.45, 2.75) is 0 Å². The number of benzene rings is 1. The summed E-state index contributed by atoms with van der Waals surface area (Å²) in [5, 5.41) is 23.4. The summed E-state index contributed by atoms with van der Waals surface area (Å²) in [7, 11) is 1.22. The molecule has 0 aromatic heterocycles. The number of non-ortho nitro benzene ring substituents is 1. The number of phenolic OH excluding ortho intramolecular Hbond substituents is 1. The number of thiocarbonyl (C=S) groups is 1. The third-order valence-corrected chi connectivity index (χ3v) is 3.64. The van der Waals surface area contributed by atoms with Crippen molar-refractivity contribution in [1.82, 2.24) is 10.2 Å². The average molecular weight is 363 g/mol. The molecule has 2 N–H and O–H groups in total. The predicted molar refractivity (Wildman–Crippen MR) is 91.9 cm³/mol. The summed E-state index contributed by atoms with van der Waals surface area (Å²) in [5.41, 5.74) is -0.826. The number of carbonyl (C=O) groups is 2. The number of phenols is 1. The number of carbonyl (C=O) groups excluding carboxylic acids is 2. The second-order valence-electron chi connectivity index (χ2n) is 4.86. The van der Waals surface area contributed by atoms with Gasteiger partial charge in [0.15, 0.2) is 16.6 Å². The molecule has 1 saturated heterocycles. The minimum Gasteiger partial charge on any atom is -0.504 e. The maximum atomic E-state index is 12.4. The van der Waals surface area contributed by atoms with E-state index in [1.54, 1.807) is 0 Å². The number of hydrogen-bond acceptors (Lipinski definition) is 7. The van der Waals surface area contributed by atoms with Crippen molar-refractivity contribution in [3.63, 3.8) is 0 Å². The van der Waals surface area contributed by atoms with Crippen molar-refractivity contribution in [3.05, 3.63) is 46.0 Å². The number of methoxy groups -OCH3 is 1. The van der Waals surface area contributed by atoms with Crippen LogP contribution in [0.15, 0.2) is 30.4 Å². The second-order valence-corrected chi connectivity index (χ2v) is 5.25. The molecule has 130 valence electrons. The number of aromatic hydroxyl groups is 1. The minimum atomic E-state index is -0.778. The first-order valence-electron chi connectivity index (χ1n) is 6.85. The van der Waals surface area contributed by atoms with Crippen molar-refractivity contribution >= 4 is 40.9 Å². The molecule has 2 rings (SSSR count). The van der Waals surface area contributed by atoms with E-state index in [-0.39, 0.29) is 34.2 Å². The van der Waals surface area contributed by atoms with Crippen LogP contribution in [-0.4, -0.2) is 45.5 Å². The van der Waals surface area contributed by atoms with Gasteiger partial charge in [-0.2, -0.15) is 0 Å². The maximum absolute atomic E-state index is 12.4. The lowest BCUT2D eigenvalue weighted by Crippen LogP contribution is -2.53. The van der Waals surface area contributed by atoms with Crippen molar-refractivity contribution in [1.29, 1.82) is 0 Å². The molecule has 0 atom stereocenters. The Balaban J connectivity index is 2.58. The minimum absolute atomic E-state index is 0.0690. The topological polar surface area (TPSA) is 122 Å².